The Morgan fingerprint density at radius 3 is 1.85 bits per heavy atom. The van der Waals surface area contributed by atoms with Crippen molar-refractivity contribution in [3.63, 3.8) is 0 Å². The third-order valence-corrected chi connectivity index (χ3v) is 8.04. The molecule has 0 fully saturated rings. The molecule has 34 heavy (non-hydrogen) atoms. The Balaban J connectivity index is 1.90. The van der Waals surface area contributed by atoms with E-state index < -0.39 is 14.8 Å². The minimum Gasteiger partial charge on any atom is -0.494 e. The van der Waals surface area contributed by atoms with E-state index >= 15 is 0 Å². The number of hydrogen-bond donors (Lipinski definition) is 0. The summed E-state index contributed by atoms with van der Waals surface area (Å²) < 4.78 is 28.0. The number of benzene rings is 2. The standard InChI is InChI=1S/C26H34O7Si/c1-5-31-34(32-6-2,33-7-3)20-8-19-30-24-16-14-23(15-17-24)26(28)22-12-9-21(10-13-22)11-18-25(27)29-4/h9-18H,5-8,19-20H2,1-4H3. The summed E-state index contributed by atoms with van der Waals surface area (Å²) >= 11 is 0. The van der Waals surface area contributed by atoms with Crippen molar-refractivity contribution in [1.29, 1.82) is 0 Å². The van der Waals surface area contributed by atoms with Crippen LogP contribution in [0.15, 0.2) is 54.6 Å². The zero-order chi connectivity index (χ0) is 24.8. The average molecular weight is 487 g/mol. The minimum absolute atomic E-state index is 0.0871. The molecular weight excluding hydrogens is 452 g/mol. The summed E-state index contributed by atoms with van der Waals surface area (Å²) in [4.78, 5) is 24.0. The molecule has 0 aromatic heterocycles. The smallest absolute Gasteiger partial charge is 0.494 e. The lowest BCUT2D eigenvalue weighted by Crippen LogP contribution is -2.46. The summed E-state index contributed by atoms with van der Waals surface area (Å²) in [5, 5.41) is 0. The van der Waals surface area contributed by atoms with Gasteiger partial charge in [-0.2, -0.15) is 0 Å². The number of ketones is 1. The van der Waals surface area contributed by atoms with Gasteiger partial charge in [0.05, 0.1) is 13.7 Å². The molecule has 7 nitrogen and oxygen atoms in total. The van der Waals surface area contributed by atoms with E-state index in [1.165, 1.54) is 13.2 Å². The van der Waals surface area contributed by atoms with E-state index in [0.29, 0.717) is 49.3 Å². The molecule has 0 aliphatic carbocycles. The molecular formula is C26H34O7Si. The first-order chi connectivity index (χ1) is 16.5. The normalized spacial score (nSPS) is 11.5. The maximum absolute atomic E-state index is 12.8. The number of hydrogen-bond acceptors (Lipinski definition) is 7. The third kappa shape index (κ3) is 8.53. The van der Waals surface area contributed by atoms with Crippen molar-refractivity contribution >= 4 is 26.6 Å². The summed E-state index contributed by atoms with van der Waals surface area (Å²) in [6.07, 6.45) is 3.71. The van der Waals surface area contributed by atoms with Gasteiger partial charge in [-0.05, 0) is 63.1 Å². The number of rotatable bonds is 15. The van der Waals surface area contributed by atoms with Crippen LogP contribution in [0.2, 0.25) is 6.04 Å². The van der Waals surface area contributed by atoms with Gasteiger partial charge < -0.3 is 22.8 Å². The lowest BCUT2D eigenvalue weighted by molar-refractivity contribution is -0.134. The SMILES string of the molecule is CCO[Si](CCCOc1ccc(C(=O)c2ccc(C=CC(=O)OC)cc2)cc1)(OCC)OCC. The topological polar surface area (TPSA) is 80.3 Å². The van der Waals surface area contributed by atoms with E-state index in [9.17, 15) is 9.59 Å². The molecule has 0 aliphatic heterocycles. The molecule has 0 radical (unpaired) electrons. The number of carbonyl (C=O) groups excluding carboxylic acids is 2. The lowest BCUT2D eigenvalue weighted by atomic mass is 10.0. The Kier molecular flexibility index (Phi) is 11.7. The highest BCUT2D eigenvalue weighted by molar-refractivity contribution is 6.60. The van der Waals surface area contributed by atoms with Crippen LogP contribution in [-0.4, -0.2) is 54.1 Å². The van der Waals surface area contributed by atoms with Crippen LogP contribution in [0, 0.1) is 0 Å². The van der Waals surface area contributed by atoms with Crippen molar-refractivity contribution in [2.24, 2.45) is 0 Å². The van der Waals surface area contributed by atoms with Gasteiger partial charge in [-0.15, -0.1) is 0 Å². The predicted octanol–water partition coefficient (Wildman–Crippen LogP) is 4.92. The van der Waals surface area contributed by atoms with Crippen molar-refractivity contribution in [3.8, 4) is 5.75 Å². The molecule has 0 atom stereocenters. The Hall–Kier alpha value is -2.78. The van der Waals surface area contributed by atoms with Crippen molar-refractivity contribution in [2.45, 2.75) is 33.2 Å². The lowest BCUT2D eigenvalue weighted by Gasteiger charge is -2.28. The fourth-order valence-corrected chi connectivity index (χ4v) is 5.91. The van der Waals surface area contributed by atoms with Crippen LogP contribution in [0.4, 0.5) is 0 Å². The Morgan fingerprint density at radius 2 is 1.35 bits per heavy atom. The van der Waals surface area contributed by atoms with Crippen molar-refractivity contribution in [2.75, 3.05) is 33.5 Å². The minimum atomic E-state index is -2.66. The molecule has 0 unspecified atom stereocenters. The second-order valence-electron chi connectivity index (χ2n) is 7.27. The first-order valence-electron chi connectivity index (χ1n) is 11.5. The van der Waals surface area contributed by atoms with Crippen LogP contribution in [0.1, 0.15) is 48.7 Å². The van der Waals surface area contributed by atoms with E-state index in [4.69, 9.17) is 18.0 Å². The molecule has 0 saturated carbocycles. The van der Waals surface area contributed by atoms with Crippen LogP contribution >= 0.6 is 0 Å². The highest BCUT2D eigenvalue weighted by Crippen LogP contribution is 2.20. The molecule has 0 amide bonds. The van der Waals surface area contributed by atoms with E-state index in [1.807, 2.05) is 20.8 Å². The molecule has 0 N–H and O–H groups in total. The molecule has 2 aromatic carbocycles. The molecule has 2 aromatic rings. The van der Waals surface area contributed by atoms with Gasteiger partial charge >= 0.3 is 14.8 Å². The molecule has 0 aliphatic rings. The van der Waals surface area contributed by atoms with Crippen molar-refractivity contribution in [1.82, 2.24) is 0 Å². The van der Waals surface area contributed by atoms with Crippen molar-refractivity contribution < 1.29 is 32.3 Å². The highest BCUT2D eigenvalue weighted by atomic mass is 28.4. The fraction of sp³-hybridized carbons (Fsp3) is 0.385. The second-order valence-corrected chi connectivity index (χ2v) is 10.00. The van der Waals surface area contributed by atoms with E-state index in [0.717, 1.165) is 12.0 Å². The molecule has 184 valence electrons. The Bertz CT molecular complexity index is 906. The predicted molar refractivity (Wildman–Crippen MR) is 133 cm³/mol. The second kappa shape index (κ2) is 14.5. The molecule has 8 heteroatoms. The van der Waals surface area contributed by atoms with Gasteiger partial charge in [0.1, 0.15) is 5.75 Å². The zero-order valence-corrected chi connectivity index (χ0v) is 21.4. The van der Waals surface area contributed by atoms with E-state index in [1.54, 1.807) is 54.6 Å². The monoisotopic (exact) mass is 486 g/mol. The van der Waals surface area contributed by atoms with Gasteiger partial charge in [0.2, 0.25) is 0 Å². The first-order valence-corrected chi connectivity index (χ1v) is 13.5. The summed E-state index contributed by atoms with van der Waals surface area (Å²) in [6.45, 7) is 7.97. The summed E-state index contributed by atoms with van der Waals surface area (Å²) in [7, 11) is -1.34. The number of methoxy groups -OCH3 is 1. The molecule has 0 saturated heterocycles. The number of carbonyl (C=O) groups is 2. The van der Waals surface area contributed by atoms with E-state index in [-0.39, 0.29) is 5.78 Å². The summed E-state index contributed by atoms with van der Waals surface area (Å²) in [6, 6.07) is 14.8. The number of esters is 1. The van der Waals surface area contributed by atoms with Crippen LogP contribution < -0.4 is 4.74 Å². The summed E-state index contributed by atoms with van der Waals surface area (Å²) in [5.41, 5.74) is 1.93. The highest BCUT2D eigenvalue weighted by Gasteiger charge is 2.39. The van der Waals surface area contributed by atoms with Gasteiger partial charge in [0.15, 0.2) is 5.78 Å². The first kappa shape index (κ1) is 27.5. The average Bonchev–Trinajstić information content (AvgIpc) is 2.86. The van der Waals surface area contributed by atoms with Gasteiger partial charge in [-0.3, -0.25) is 4.79 Å². The third-order valence-electron chi connectivity index (χ3n) is 4.89. The van der Waals surface area contributed by atoms with Crippen LogP contribution in [0.3, 0.4) is 0 Å². The number of ether oxygens (including phenoxy) is 2. The summed E-state index contributed by atoms with van der Waals surface area (Å²) in [5.74, 6) is 0.175. The van der Waals surface area contributed by atoms with Crippen LogP contribution in [-0.2, 0) is 22.8 Å². The fourth-order valence-electron chi connectivity index (χ4n) is 3.33. The van der Waals surface area contributed by atoms with Gasteiger partial charge in [0, 0.05) is 43.1 Å². The van der Waals surface area contributed by atoms with Gasteiger partial charge in [-0.25, -0.2) is 4.79 Å². The maximum atomic E-state index is 12.8. The molecule has 0 spiro atoms. The molecule has 0 bridgehead atoms. The van der Waals surface area contributed by atoms with Gasteiger partial charge in [-0.1, -0.05) is 24.3 Å². The quantitative estimate of drug-likeness (QED) is 0.116. The largest absolute Gasteiger partial charge is 0.501 e. The zero-order valence-electron chi connectivity index (χ0n) is 20.4. The van der Waals surface area contributed by atoms with Gasteiger partial charge in [0.25, 0.3) is 0 Å². The molecule has 2 rings (SSSR count). The Labute approximate surface area is 203 Å². The molecule has 0 heterocycles. The van der Waals surface area contributed by atoms with E-state index in [2.05, 4.69) is 4.74 Å². The Morgan fingerprint density at radius 1 is 0.824 bits per heavy atom. The van der Waals surface area contributed by atoms with Crippen LogP contribution in [0.5, 0.6) is 5.75 Å². The van der Waals surface area contributed by atoms with Crippen molar-refractivity contribution in [3.05, 3.63) is 71.3 Å². The maximum Gasteiger partial charge on any atom is 0.501 e. The van der Waals surface area contributed by atoms with Crippen LogP contribution in [0.25, 0.3) is 6.08 Å².